The van der Waals surface area contributed by atoms with E-state index < -0.39 is 53.0 Å². The van der Waals surface area contributed by atoms with Crippen LogP contribution in [0, 0.1) is 30.3 Å². The van der Waals surface area contributed by atoms with Crippen molar-refractivity contribution < 1.29 is 44.6 Å². The number of halogens is 5. The van der Waals surface area contributed by atoms with E-state index in [1.54, 1.807) is 0 Å². The Morgan fingerprint density at radius 1 is 0.605 bits per heavy atom. The Kier molecular flexibility index (Phi) is 15.7. The van der Waals surface area contributed by atoms with E-state index >= 15 is 0 Å². The SMILES string of the molecule is NS(=O)(=O)c1cc([N+](=O)[O-])ccc1Cl.O=S(=O)(O)Cl.O=[N+]([O-])c1ccc(Cl)c(S(=O)(=O)Cl)c1.O=[N+]([O-])c1ccc(Cl)cc1. The number of rotatable bonds is 5. The predicted octanol–water partition coefficient (Wildman–Crippen LogP) is 5.35. The third-order valence-electron chi connectivity index (χ3n) is 3.86. The zero-order valence-electron chi connectivity index (χ0n) is 20.2. The Balaban J connectivity index is 0.000000577. The maximum absolute atomic E-state index is 10.9. The number of primary sulfonamides is 1. The van der Waals surface area contributed by atoms with E-state index in [2.05, 4.69) is 10.7 Å². The molecule has 0 bridgehead atoms. The normalized spacial score (nSPS) is 10.9. The molecule has 3 aromatic rings. The average molecular weight is 767 g/mol. The second-order valence-electron chi connectivity index (χ2n) is 6.87. The molecule has 0 aliphatic rings. The molecule has 0 amide bonds. The molecular weight excluding hydrogens is 754 g/mol. The second-order valence-corrected chi connectivity index (χ2v) is 14.2. The summed E-state index contributed by atoms with van der Waals surface area (Å²) in [6, 6.07) is 11.7. The number of hydrogen-bond donors (Lipinski definition) is 2. The van der Waals surface area contributed by atoms with Crippen molar-refractivity contribution in [2.24, 2.45) is 5.14 Å². The first kappa shape index (κ1) is 40.1. The molecule has 43 heavy (non-hydrogen) atoms. The van der Waals surface area contributed by atoms with Crippen molar-refractivity contribution in [1.29, 1.82) is 0 Å². The number of nitrogens with zero attached hydrogens (tertiary/aromatic N) is 3. The molecule has 0 aromatic heterocycles. The third-order valence-corrected chi connectivity index (χ3v) is 7.31. The first-order valence-electron chi connectivity index (χ1n) is 9.77. The highest BCUT2D eigenvalue weighted by molar-refractivity contribution is 8.13. The fourth-order valence-corrected chi connectivity index (χ4v) is 4.86. The van der Waals surface area contributed by atoms with E-state index in [1.807, 2.05) is 0 Å². The summed E-state index contributed by atoms with van der Waals surface area (Å²) < 4.78 is 68.7. The van der Waals surface area contributed by atoms with Crippen molar-refractivity contribution in [3.05, 3.63) is 106 Å². The van der Waals surface area contributed by atoms with E-state index in [1.165, 1.54) is 24.3 Å². The van der Waals surface area contributed by atoms with E-state index in [0.717, 1.165) is 36.4 Å². The minimum absolute atomic E-state index is 0.0596. The topological polar surface area (TPSA) is 278 Å². The van der Waals surface area contributed by atoms with Crippen molar-refractivity contribution in [3.63, 3.8) is 0 Å². The van der Waals surface area contributed by atoms with Crippen LogP contribution in [-0.4, -0.2) is 44.6 Å². The summed E-state index contributed by atoms with van der Waals surface area (Å²) in [6.45, 7) is 0. The van der Waals surface area contributed by atoms with Crippen LogP contribution in [0.25, 0.3) is 0 Å². The summed E-state index contributed by atoms with van der Waals surface area (Å²) in [5.41, 5.74) is -0.698. The van der Waals surface area contributed by atoms with Gasteiger partial charge in [-0.3, -0.25) is 34.9 Å². The molecule has 0 aliphatic heterocycles. The van der Waals surface area contributed by atoms with E-state index in [9.17, 15) is 47.2 Å². The molecule has 0 saturated carbocycles. The van der Waals surface area contributed by atoms with Gasteiger partial charge in [0.25, 0.3) is 26.1 Å². The minimum atomic E-state index is -4.19. The van der Waals surface area contributed by atoms with E-state index in [4.69, 9.17) is 63.6 Å². The summed E-state index contributed by atoms with van der Waals surface area (Å²) in [5.74, 6) is 0. The van der Waals surface area contributed by atoms with Crippen LogP contribution < -0.4 is 5.14 Å². The molecule has 0 fully saturated rings. The summed E-state index contributed by atoms with van der Waals surface area (Å²) in [7, 11) is -3.21. The Hall–Kier alpha value is -2.92. The highest BCUT2D eigenvalue weighted by Crippen LogP contribution is 2.28. The van der Waals surface area contributed by atoms with Gasteiger partial charge in [-0.15, -0.1) is 0 Å². The van der Waals surface area contributed by atoms with E-state index in [-0.39, 0.29) is 27.1 Å². The van der Waals surface area contributed by atoms with Crippen molar-refractivity contribution in [1.82, 2.24) is 0 Å². The van der Waals surface area contributed by atoms with Crippen LogP contribution in [0.15, 0.2) is 70.5 Å². The molecule has 0 radical (unpaired) electrons. The van der Waals surface area contributed by atoms with Crippen LogP contribution in [0.5, 0.6) is 0 Å². The number of hydrogen-bond acceptors (Lipinski definition) is 12. The Labute approximate surface area is 265 Å². The minimum Gasteiger partial charge on any atom is -0.273 e. The van der Waals surface area contributed by atoms with Gasteiger partial charge in [0.15, 0.2) is 0 Å². The van der Waals surface area contributed by atoms with Crippen LogP contribution in [-0.2, 0) is 28.4 Å². The molecule has 0 atom stereocenters. The number of non-ortho nitro benzene ring substituents is 3. The predicted molar refractivity (Wildman–Crippen MR) is 156 cm³/mol. The van der Waals surface area contributed by atoms with Crippen molar-refractivity contribution >= 4 is 102 Å². The monoisotopic (exact) mass is 764 g/mol. The largest absolute Gasteiger partial charge is 0.353 e. The fraction of sp³-hybridized carbons (Fsp3) is 0. The van der Waals surface area contributed by atoms with Crippen LogP contribution in [0.3, 0.4) is 0 Å². The van der Waals surface area contributed by atoms with Gasteiger partial charge in [-0.2, -0.15) is 8.42 Å². The quantitative estimate of drug-likeness (QED) is 0.144. The average Bonchev–Trinajstić information content (AvgIpc) is 2.83. The van der Waals surface area contributed by atoms with Gasteiger partial charge < -0.3 is 0 Å². The van der Waals surface area contributed by atoms with Crippen LogP contribution in [0.4, 0.5) is 17.1 Å². The molecule has 0 saturated heterocycles. The molecule has 17 nitrogen and oxygen atoms in total. The molecular formula is C18H13Cl5N4O13S3. The van der Waals surface area contributed by atoms with Gasteiger partial charge in [0, 0.05) is 62.8 Å². The lowest BCUT2D eigenvalue weighted by atomic mass is 10.3. The number of nitro benzene ring substituents is 3. The van der Waals surface area contributed by atoms with E-state index in [0.29, 0.717) is 5.02 Å². The molecule has 3 N–H and O–H groups in total. The third kappa shape index (κ3) is 16.5. The lowest BCUT2D eigenvalue weighted by Gasteiger charge is -2.00. The van der Waals surface area contributed by atoms with Gasteiger partial charge in [0.2, 0.25) is 10.0 Å². The highest BCUT2D eigenvalue weighted by atomic mass is 35.7. The zero-order chi connectivity index (χ0) is 33.9. The number of sulfonamides is 1. The fourth-order valence-electron chi connectivity index (χ4n) is 2.18. The molecule has 0 aliphatic carbocycles. The molecule has 3 rings (SSSR count). The van der Waals surface area contributed by atoms with Gasteiger partial charge in [0.05, 0.1) is 24.8 Å². The molecule has 0 heterocycles. The number of nitrogens with two attached hydrogens (primary N) is 1. The standard InChI is InChI=1S/C6H3Cl2NO4S.C6H5ClN2O4S.C6H4ClNO2.ClHO3S/c2*7-5-2-1-4(9(10)11)3-6(5)14(8,12)13;7-5-1-3-6(4-2-5)8(9)10;1-5(2,3)4/h1-3H;1-3H,(H2,8,12,13);1-4H;(H,2,3,4). The summed E-state index contributed by atoms with van der Waals surface area (Å²) >= 11 is 16.5. The number of nitro groups is 3. The van der Waals surface area contributed by atoms with Gasteiger partial charge in [-0.25, -0.2) is 22.0 Å². The van der Waals surface area contributed by atoms with Gasteiger partial charge in [0.1, 0.15) is 9.79 Å². The smallest absolute Gasteiger partial charge is 0.273 e. The van der Waals surface area contributed by atoms with Gasteiger partial charge >= 0.3 is 9.33 Å². The summed E-state index contributed by atoms with van der Waals surface area (Å²) in [4.78, 5) is 27.9. The first-order valence-corrected chi connectivity index (χ1v) is 17.0. The Morgan fingerprint density at radius 2 is 0.907 bits per heavy atom. The lowest BCUT2D eigenvalue weighted by Crippen LogP contribution is -2.12. The summed E-state index contributed by atoms with van der Waals surface area (Å²) in [6.07, 6.45) is 0. The van der Waals surface area contributed by atoms with Crippen molar-refractivity contribution in [3.8, 4) is 0 Å². The second kappa shape index (κ2) is 16.8. The Morgan fingerprint density at radius 3 is 1.21 bits per heavy atom. The van der Waals surface area contributed by atoms with Crippen LogP contribution >= 0.6 is 56.2 Å². The summed E-state index contributed by atoms with van der Waals surface area (Å²) in [5, 5.41) is 35.7. The molecule has 236 valence electrons. The molecule has 3 aromatic carbocycles. The molecule has 0 spiro atoms. The van der Waals surface area contributed by atoms with Gasteiger partial charge in [-0.1, -0.05) is 34.8 Å². The van der Waals surface area contributed by atoms with Crippen molar-refractivity contribution in [2.45, 2.75) is 9.79 Å². The maximum Gasteiger partial charge on any atom is 0.353 e. The van der Waals surface area contributed by atoms with Crippen LogP contribution in [0.2, 0.25) is 15.1 Å². The maximum atomic E-state index is 10.9. The zero-order valence-corrected chi connectivity index (χ0v) is 26.4. The van der Waals surface area contributed by atoms with Crippen molar-refractivity contribution in [2.75, 3.05) is 0 Å². The lowest BCUT2D eigenvalue weighted by molar-refractivity contribution is -0.385. The number of benzene rings is 3. The highest BCUT2D eigenvalue weighted by Gasteiger charge is 2.19. The van der Waals surface area contributed by atoms with Gasteiger partial charge in [-0.05, 0) is 24.3 Å². The molecule has 0 unspecified atom stereocenters. The Bertz CT molecular complexity index is 1730. The first-order chi connectivity index (χ1) is 19.3. The molecule has 25 heteroatoms. The van der Waals surface area contributed by atoms with Crippen LogP contribution in [0.1, 0.15) is 0 Å².